The first-order chi connectivity index (χ1) is 13.3. The SMILES string of the molecule is Cc1nc(C)c(C(=O)C2=C(O)C(=O)N(CCC[NH+](C)C)[C@H]2c2cccnc2)s1. The van der Waals surface area contributed by atoms with E-state index in [2.05, 4.69) is 9.97 Å². The number of nitrogens with one attached hydrogen (secondary N) is 1. The van der Waals surface area contributed by atoms with Crippen LogP contribution in [0, 0.1) is 13.8 Å². The number of amides is 1. The topological polar surface area (TPSA) is 87.8 Å². The van der Waals surface area contributed by atoms with E-state index < -0.39 is 17.7 Å². The van der Waals surface area contributed by atoms with Crippen LogP contribution in [0.15, 0.2) is 35.9 Å². The first kappa shape index (κ1) is 20.2. The summed E-state index contributed by atoms with van der Waals surface area (Å²) in [6, 6.07) is 2.94. The Labute approximate surface area is 168 Å². The second-order valence-electron chi connectivity index (χ2n) is 7.24. The second kappa shape index (κ2) is 8.20. The summed E-state index contributed by atoms with van der Waals surface area (Å²) in [6.45, 7) is 4.92. The minimum Gasteiger partial charge on any atom is -0.503 e. The molecule has 0 saturated carbocycles. The maximum absolute atomic E-state index is 13.3. The zero-order valence-electron chi connectivity index (χ0n) is 16.5. The van der Waals surface area contributed by atoms with Crippen LogP contribution < -0.4 is 4.90 Å². The lowest BCUT2D eigenvalue weighted by Crippen LogP contribution is -3.05. The summed E-state index contributed by atoms with van der Waals surface area (Å²) in [6.07, 6.45) is 4.04. The molecule has 1 amide bonds. The number of aromatic nitrogens is 2. The standard InChI is InChI=1S/C20H24N4O3S/c1-12-19(28-13(2)22-12)17(25)15-16(14-7-5-8-21-11-14)24(20(27)18(15)26)10-6-9-23(3)4/h5,7-8,11,16,26H,6,9-10H2,1-4H3/p+1/t16-/m0/s1. The summed E-state index contributed by atoms with van der Waals surface area (Å²) in [4.78, 5) is 37.9. The molecule has 0 unspecified atom stereocenters. The molecular weight excluding hydrogens is 376 g/mol. The number of carbonyl (C=O) groups excluding carboxylic acids is 2. The molecule has 0 fully saturated rings. The van der Waals surface area contributed by atoms with E-state index in [1.807, 2.05) is 27.1 Å². The molecule has 28 heavy (non-hydrogen) atoms. The van der Waals surface area contributed by atoms with Crippen molar-refractivity contribution in [1.29, 1.82) is 0 Å². The third kappa shape index (κ3) is 3.83. The fourth-order valence-corrected chi connectivity index (χ4v) is 4.34. The molecule has 2 aromatic heterocycles. The lowest BCUT2D eigenvalue weighted by atomic mass is 9.96. The largest absolute Gasteiger partial charge is 0.503 e. The minimum atomic E-state index is -0.646. The zero-order valence-corrected chi connectivity index (χ0v) is 17.3. The van der Waals surface area contributed by atoms with E-state index >= 15 is 0 Å². The normalized spacial score (nSPS) is 17.1. The van der Waals surface area contributed by atoms with Gasteiger partial charge in [-0.05, 0) is 25.5 Å². The number of aliphatic hydroxyl groups is 1. The molecule has 0 bridgehead atoms. The van der Waals surface area contributed by atoms with Gasteiger partial charge in [0.1, 0.15) is 0 Å². The lowest BCUT2D eigenvalue weighted by Gasteiger charge is -2.26. The highest BCUT2D eigenvalue weighted by Crippen LogP contribution is 2.39. The molecule has 0 aromatic carbocycles. The smallest absolute Gasteiger partial charge is 0.290 e. The Morgan fingerprint density at radius 3 is 2.68 bits per heavy atom. The van der Waals surface area contributed by atoms with E-state index in [0.717, 1.165) is 18.0 Å². The zero-order chi connectivity index (χ0) is 20.4. The van der Waals surface area contributed by atoms with Crippen molar-refractivity contribution in [3.8, 4) is 0 Å². The van der Waals surface area contributed by atoms with Crippen molar-refractivity contribution in [3.63, 3.8) is 0 Å². The summed E-state index contributed by atoms with van der Waals surface area (Å²) in [5.41, 5.74) is 1.43. The van der Waals surface area contributed by atoms with Crippen LogP contribution in [0.2, 0.25) is 0 Å². The molecule has 1 aliphatic heterocycles. The van der Waals surface area contributed by atoms with Crippen LogP contribution in [0.25, 0.3) is 0 Å². The number of aryl methyl sites for hydroxylation is 2. The Morgan fingerprint density at radius 1 is 1.36 bits per heavy atom. The molecule has 8 heteroatoms. The van der Waals surface area contributed by atoms with Gasteiger partial charge in [-0.2, -0.15) is 0 Å². The monoisotopic (exact) mass is 401 g/mol. The van der Waals surface area contributed by atoms with Gasteiger partial charge in [-0.3, -0.25) is 14.6 Å². The summed E-state index contributed by atoms with van der Waals surface area (Å²) < 4.78 is 0. The molecular formula is C20H25N4O3S+. The number of hydrogen-bond donors (Lipinski definition) is 2. The van der Waals surface area contributed by atoms with Gasteiger partial charge < -0.3 is 14.9 Å². The predicted octanol–water partition coefficient (Wildman–Crippen LogP) is 1.27. The Balaban J connectivity index is 2.01. The van der Waals surface area contributed by atoms with Gasteiger partial charge in [-0.25, -0.2) is 4.98 Å². The van der Waals surface area contributed by atoms with Crippen LogP contribution in [0.5, 0.6) is 0 Å². The summed E-state index contributed by atoms with van der Waals surface area (Å²) >= 11 is 1.28. The maximum Gasteiger partial charge on any atom is 0.290 e. The Kier molecular flexibility index (Phi) is 5.90. The molecule has 3 heterocycles. The van der Waals surface area contributed by atoms with Gasteiger partial charge in [0.05, 0.1) is 47.8 Å². The number of hydrogen-bond acceptors (Lipinski definition) is 6. The van der Waals surface area contributed by atoms with Crippen molar-refractivity contribution >= 4 is 23.0 Å². The molecule has 1 atom stereocenters. The number of thiazole rings is 1. The number of rotatable bonds is 7. The van der Waals surface area contributed by atoms with E-state index in [1.165, 1.54) is 16.2 Å². The van der Waals surface area contributed by atoms with Crippen LogP contribution in [0.1, 0.15) is 38.4 Å². The quantitative estimate of drug-likeness (QED) is 0.682. The lowest BCUT2D eigenvalue weighted by molar-refractivity contribution is -0.858. The van der Waals surface area contributed by atoms with Gasteiger partial charge in [0.15, 0.2) is 5.76 Å². The van der Waals surface area contributed by atoms with E-state index in [1.54, 1.807) is 30.3 Å². The van der Waals surface area contributed by atoms with Crippen LogP contribution >= 0.6 is 11.3 Å². The van der Waals surface area contributed by atoms with Crippen molar-refractivity contribution in [1.82, 2.24) is 14.9 Å². The molecule has 2 aromatic rings. The number of pyridine rings is 1. The van der Waals surface area contributed by atoms with Crippen molar-refractivity contribution in [2.24, 2.45) is 0 Å². The van der Waals surface area contributed by atoms with Crippen molar-refractivity contribution in [2.45, 2.75) is 26.3 Å². The second-order valence-corrected chi connectivity index (χ2v) is 8.44. The highest BCUT2D eigenvalue weighted by atomic mass is 32.1. The third-order valence-corrected chi connectivity index (χ3v) is 5.81. The molecule has 0 aliphatic carbocycles. The molecule has 2 N–H and O–H groups in total. The maximum atomic E-state index is 13.3. The van der Waals surface area contributed by atoms with E-state index in [-0.39, 0.29) is 11.4 Å². The molecule has 148 valence electrons. The highest BCUT2D eigenvalue weighted by molar-refractivity contribution is 7.14. The van der Waals surface area contributed by atoms with Gasteiger partial charge >= 0.3 is 0 Å². The molecule has 3 rings (SSSR count). The average Bonchev–Trinajstić information content (AvgIpc) is 3.12. The number of ketones is 1. The molecule has 0 radical (unpaired) electrons. The Hall–Kier alpha value is -2.58. The van der Waals surface area contributed by atoms with Crippen LogP contribution in [-0.4, -0.2) is 58.8 Å². The number of nitrogens with zero attached hydrogens (tertiary/aromatic N) is 3. The van der Waals surface area contributed by atoms with Gasteiger partial charge in [-0.15, -0.1) is 11.3 Å². The predicted molar refractivity (Wildman–Crippen MR) is 107 cm³/mol. The summed E-state index contributed by atoms with van der Waals surface area (Å²) in [5.74, 6) is -1.32. The first-order valence-corrected chi connectivity index (χ1v) is 10.0. The summed E-state index contributed by atoms with van der Waals surface area (Å²) in [7, 11) is 4.09. The summed E-state index contributed by atoms with van der Waals surface area (Å²) in [5, 5.41) is 11.4. The van der Waals surface area contributed by atoms with Crippen molar-refractivity contribution < 1.29 is 19.6 Å². The van der Waals surface area contributed by atoms with Crippen molar-refractivity contribution in [2.75, 3.05) is 27.2 Å². The van der Waals surface area contributed by atoms with Gasteiger partial charge in [0, 0.05) is 25.4 Å². The van der Waals surface area contributed by atoms with E-state index in [4.69, 9.17) is 0 Å². The van der Waals surface area contributed by atoms with Crippen molar-refractivity contribution in [3.05, 3.63) is 57.0 Å². The first-order valence-electron chi connectivity index (χ1n) is 9.23. The van der Waals surface area contributed by atoms with Gasteiger partial charge in [-0.1, -0.05) is 6.07 Å². The Morgan fingerprint density at radius 2 is 2.11 bits per heavy atom. The molecule has 7 nitrogen and oxygen atoms in total. The number of carbonyl (C=O) groups is 2. The van der Waals surface area contributed by atoms with E-state index in [9.17, 15) is 14.7 Å². The minimum absolute atomic E-state index is 0.113. The molecule has 0 spiro atoms. The molecule has 0 saturated heterocycles. The number of quaternary nitrogens is 1. The van der Waals surface area contributed by atoms with Gasteiger partial charge in [0.2, 0.25) is 5.78 Å². The van der Waals surface area contributed by atoms with E-state index in [0.29, 0.717) is 22.7 Å². The number of Topliss-reactive ketones (excluding diaryl/α,β-unsaturated/α-hetero) is 1. The highest BCUT2D eigenvalue weighted by Gasteiger charge is 2.44. The Bertz CT molecular complexity index is 921. The average molecular weight is 402 g/mol. The fourth-order valence-electron chi connectivity index (χ4n) is 3.47. The molecule has 1 aliphatic rings. The van der Waals surface area contributed by atoms with Gasteiger partial charge in [0.25, 0.3) is 5.91 Å². The fraction of sp³-hybridized carbons (Fsp3) is 0.400. The number of aliphatic hydroxyl groups excluding tert-OH is 1. The van der Waals surface area contributed by atoms with Crippen LogP contribution in [0.3, 0.4) is 0 Å². The third-order valence-electron chi connectivity index (χ3n) is 4.73. The van der Waals surface area contributed by atoms with Crippen LogP contribution in [-0.2, 0) is 4.79 Å². The van der Waals surface area contributed by atoms with Crippen LogP contribution in [0.4, 0.5) is 0 Å².